The van der Waals surface area contributed by atoms with Crippen LogP contribution in [-0.4, -0.2) is 12.5 Å². The molecule has 0 radical (unpaired) electrons. The van der Waals surface area contributed by atoms with Gasteiger partial charge in [-0.1, -0.05) is 19.9 Å². The molecule has 0 rings (SSSR count). The van der Waals surface area contributed by atoms with Gasteiger partial charge in [0.2, 0.25) is 0 Å². The molecule has 68 valence electrons. The Labute approximate surface area is 74.7 Å². The average Bonchev–Trinajstić information content (AvgIpc) is 2.09. The summed E-state index contributed by atoms with van der Waals surface area (Å²) in [4.78, 5) is 14.2. The Kier molecular flexibility index (Phi) is 11.0. The number of ketones is 1. The molecule has 0 saturated carbocycles. The van der Waals surface area contributed by atoms with E-state index in [4.69, 9.17) is 0 Å². The summed E-state index contributed by atoms with van der Waals surface area (Å²) in [6, 6.07) is 0. The fourth-order valence-electron chi connectivity index (χ4n) is 0.550. The van der Waals surface area contributed by atoms with Gasteiger partial charge in [0.25, 0.3) is 0 Å². The van der Waals surface area contributed by atoms with Gasteiger partial charge < -0.3 is 0 Å². The van der Waals surface area contributed by atoms with Crippen LogP contribution in [-0.2, 0) is 4.79 Å². The van der Waals surface area contributed by atoms with E-state index in [0.29, 0.717) is 5.57 Å². The highest BCUT2D eigenvalue weighted by Crippen LogP contribution is 1.97. The Morgan fingerprint density at radius 1 is 1.42 bits per heavy atom. The number of Topliss-reactive ketones (excluding diaryl/α,β-unsaturated/α-hetero) is 1. The van der Waals surface area contributed by atoms with Crippen molar-refractivity contribution >= 4 is 12.5 Å². The van der Waals surface area contributed by atoms with Crippen molar-refractivity contribution in [1.82, 2.24) is 0 Å². The number of hydrogen-bond acceptors (Lipinski definition) is 2. The van der Waals surface area contributed by atoms with E-state index in [9.17, 15) is 4.79 Å². The van der Waals surface area contributed by atoms with Crippen LogP contribution >= 0.6 is 0 Å². The quantitative estimate of drug-likeness (QED) is 0.361. The Balaban J connectivity index is 0. The van der Waals surface area contributed by atoms with Crippen molar-refractivity contribution in [3.63, 3.8) is 0 Å². The largest absolute Gasteiger partial charge is 0.295 e. The fourth-order valence-corrected chi connectivity index (χ4v) is 0.550. The Hall–Kier alpha value is -1.18. The van der Waals surface area contributed by atoms with E-state index < -0.39 is 0 Å². The van der Waals surface area contributed by atoms with Crippen LogP contribution in [0.4, 0.5) is 0 Å². The maximum atomic E-state index is 10.7. The minimum absolute atomic E-state index is 0.0439. The van der Waals surface area contributed by atoms with Gasteiger partial charge >= 0.3 is 0 Å². The van der Waals surface area contributed by atoms with Gasteiger partial charge in [-0.25, -0.2) is 0 Å². The van der Waals surface area contributed by atoms with Crippen molar-refractivity contribution in [2.45, 2.75) is 27.7 Å². The normalized spacial score (nSPS) is 10.5. The first-order valence-corrected chi connectivity index (χ1v) is 4.02. The maximum Gasteiger partial charge on any atom is 0.159 e. The third-order valence-corrected chi connectivity index (χ3v) is 1.08. The zero-order chi connectivity index (χ0) is 9.98. The molecule has 0 saturated heterocycles. The second-order valence-corrected chi connectivity index (χ2v) is 1.80. The van der Waals surface area contributed by atoms with Crippen LogP contribution < -0.4 is 0 Å². The van der Waals surface area contributed by atoms with Gasteiger partial charge in [-0.05, 0) is 26.6 Å². The highest BCUT2D eigenvalue weighted by molar-refractivity contribution is 5.95. The summed E-state index contributed by atoms with van der Waals surface area (Å²) in [6.07, 6.45) is 4.87. The fraction of sp³-hybridized carbons (Fsp3) is 0.400. The average molecular weight is 167 g/mol. The molecule has 0 spiro atoms. The van der Waals surface area contributed by atoms with Crippen LogP contribution in [0.25, 0.3) is 0 Å². The van der Waals surface area contributed by atoms with Crippen LogP contribution in [0.2, 0.25) is 0 Å². The second-order valence-electron chi connectivity index (χ2n) is 1.80. The minimum atomic E-state index is 0.0439. The summed E-state index contributed by atoms with van der Waals surface area (Å²) in [5, 5.41) is 0. The summed E-state index contributed by atoms with van der Waals surface area (Å²) in [6.45, 7) is 10.6. The molecule has 0 atom stereocenters. The van der Waals surface area contributed by atoms with Gasteiger partial charge in [0.1, 0.15) is 0 Å². The van der Waals surface area contributed by atoms with Gasteiger partial charge in [-0.3, -0.25) is 9.79 Å². The van der Waals surface area contributed by atoms with Crippen molar-refractivity contribution in [2.24, 2.45) is 4.99 Å². The third kappa shape index (κ3) is 6.93. The molecule has 2 heteroatoms. The number of rotatable bonds is 3. The first-order chi connectivity index (χ1) is 5.72. The van der Waals surface area contributed by atoms with Gasteiger partial charge in [0, 0.05) is 11.8 Å². The summed E-state index contributed by atoms with van der Waals surface area (Å²) >= 11 is 0. The predicted molar refractivity (Wildman–Crippen MR) is 54.5 cm³/mol. The third-order valence-electron chi connectivity index (χ3n) is 1.08. The van der Waals surface area contributed by atoms with Crippen LogP contribution in [0, 0.1) is 0 Å². The summed E-state index contributed by atoms with van der Waals surface area (Å²) in [7, 11) is 0. The molecule has 0 aromatic heterocycles. The molecule has 0 N–H and O–H groups in total. The number of hydrogen-bond donors (Lipinski definition) is 0. The molecule has 0 aliphatic rings. The van der Waals surface area contributed by atoms with Crippen molar-refractivity contribution in [1.29, 1.82) is 0 Å². The molecular weight excluding hydrogens is 150 g/mol. The highest BCUT2D eigenvalue weighted by Gasteiger charge is 1.94. The Morgan fingerprint density at radius 2 is 1.92 bits per heavy atom. The number of aliphatic imine (C=N–C) groups is 1. The number of carbonyl (C=O) groups excluding carboxylic acids is 1. The van der Waals surface area contributed by atoms with Gasteiger partial charge in [0.15, 0.2) is 5.78 Å². The van der Waals surface area contributed by atoms with E-state index in [1.807, 2.05) is 20.8 Å². The molecular formula is C10H17NO. The van der Waals surface area contributed by atoms with Gasteiger partial charge in [0.05, 0.1) is 0 Å². The van der Waals surface area contributed by atoms with E-state index in [1.54, 1.807) is 12.2 Å². The Morgan fingerprint density at radius 3 is 2.17 bits per heavy atom. The highest BCUT2D eigenvalue weighted by atomic mass is 16.1. The Bertz CT molecular complexity index is 190. The standard InChI is InChI=1S/C8H11NO.C2H6/c1-4-8(7(2)10)5-6-9-3;1-2/h4-6H,3H2,1-2H3;1-2H3/b6-5-,8-4+;. The zero-order valence-electron chi connectivity index (χ0n) is 8.29. The first kappa shape index (κ1) is 13.4. The van der Waals surface area contributed by atoms with Crippen molar-refractivity contribution in [3.8, 4) is 0 Å². The smallest absolute Gasteiger partial charge is 0.159 e. The lowest BCUT2D eigenvalue weighted by molar-refractivity contribution is -0.113. The molecule has 0 amide bonds. The minimum Gasteiger partial charge on any atom is -0.295 e. The molecule has 0 aromatic rings. The molecule has 0 aliphatic heterocycles. The van der Waals surface area contributed by atoms with E-state index in [1.165, 1.54) is 13.1 Å². The molecule has 0 heterocycles. The molecule has 12 heavy (non-hydrogen) atoms. The molecule has 2 nitrogen and oxygen atoms in total. The number of nitrogens with zero attached hydrogens (tertiary/aromatic N) is 1. The van der Waals surface area contributed by atoms with E-state index in [-0.39, 0.29) is 5.78 Å². The van der Waals surface area contributed by atoms with Crippen LogP contribution in [0.15, 0.2) is 28.9 Å². The lowest BCUT2D eigenvalue weighted by Gasteiger charge is -1.89. The molecule has 0 aliphatic carbocycles. The summed E-state index contributed by atoms with van der Waals surface area (Å²) in [5.74, 6) is 0.0439. The number of carbonyl (C=O) groups is 1. The predicted octanol–water partition coefficient (Wildman–Crippen LogP) is 2.76. The van der Waals surface area contributed by atoms with Crippen molar-refractivity contribution in [2.75, 3.05) is 0 Å². The van der Waals surface area contributed by atoms with Crippen molar-refractivity contribution in [3.05, 3.63) is 23.9 Å². The first-order valence-electron chi connectivity index (χ1n) is 4.02. The monoisotopic (exact) mass is 167 g/mol. The van der Waals surface area contributed by atoms with Gasteiger partial charge in [-0.15, -0.1) is 0 Å². The molecule has 0 fully saturated rings. The second kappa shape index (κ2) is 9.82. The molecule has 0 aromatic carbocycles. The van der Waals surface area contributed by atoms with Crippen LogP contribution in [0.3, 0.4) is 0 Å². The zero-order valence-corrected chi connectivity index (χ0v) is 8.29. The van der Waals surface area contributed by atoms with Gasteiger partial charge in [-0.2, -0.15) is 0 Å². The topological polar surface area (TPSA) is 29.4 Å². The van der Waals surface area contributed by atoms with E-state index >= 15 is 0 Å². The summed E-state index contributed by atoms with van der Waals surface area (Å²) in [5.41, 5.74) is 0.660. The van der Waals surface area contributed by atoms with E-state index in [0.717, 1.165) is 0 Å². The maximum absolute atomic E-state index is 10.7. The molecule has 0 unspecified atom stereocenters. The van der Waals surface area contributed by atoms with E-state index in [2.05, 4.69) is 11.7 Å². The van der Waals surface area contributed by atoms with Crippen LogP contribution in [0.1, 0.15) is 27.7 Å². The summed E-state index contributed by atoms with van der Waals surface area (Å²) < 4.78 is 0. The lowest BCUT2D eigenvalue weighted by Crippen LogP contribution is -1.91. The molecule has 0 bridgehead atoms. The lowest BCUT2D eigenvalue weighted by atomic mass is 10.2. The van der Waals surface area contributed by atoms with Crippen molar-refractivity contribution < 1.29 is 4.79 Å². The van der Waals surface area contributed by atoms with Crippen LogP contribution in [0.5, 0.6) is 0 Å². The number of allylic oxidation sites excluding steroid dienone is 3. The SMILES string of the molecule is C=N/C=C\C(=C/C)C(C)=O.CC.